The first kappa shape index (κ1) is 16.5. The molecule has 0 saturated heterocycles. The van der Waals surface area contributed by atoms with E-state index in [2.05, 4.69) is 6.58 Å². The quantitative estimate of drug-likeness (QED) is 0.575. The molecule has 0 heterocycles. The third-order valence-electron chi connectivity index (χ3n) is 3.33. The normalized spacial score (nSPS) is 12.8. The molecule has 0 N–H and O–H groups in total. The Morgan fingerprint density at radius 3 is 2.36 bits per heavy atom. The minimum absolute atomic E-state index is 0.628. The predicted molar refractivity (Wildman–Crippen MR) is 89.2 cm³/mol. The lowest BCUT2D eigenvalue weighted by atomic mass is 9.94. The summed E-state index contributed by atoms with van der Waals surface area (Å²) in [4.78, 5) is 0. The highest BCUT2D eigenvalue weighted by atomic mass is 32.2. The highest BCUT2D eigenvalue weighted by Crippen LogP contribution is 2.30. The van der Waals surface area contributed by atoms with Crippen LogP contribution in [-0.4, -0.2) is 14.7 Å². The number of aryl methyl sites for hydroxylation is 1. The van der Waals surface area contributed by atoms with Crippen LogP contribution in [0.5, 0.6) is 0 Å². The molecule has 0 spiro atoms. The molecule has 2 aromatic carbocycles. The van der Waals surface area contributed by atoms with Crippen LogP contribution in [0.4, 0.5) is 0 Å². The Bertz CT molecular complexity index is 721. The maximum absolute atomic E-state index is 11.7. The summed E-state index contributed by atoms with van der Waals surface area (Å²) in [6, 6.07) is 17.2. The van der Waals surface area contributed by atoms with E-state index >= 15 is 0 Å². The molecule has 2 rings (SSSR count). The zero-order chi connectivity index (χ0) is 16.0. The molecule has 0 aliphatic rings. The molecule has 0 fully saturated rings. The topological polar surface area (TPSA) is 43.4 Å². The Hall–Kier alpha value is -1.91. The first-order valence-electron chi connectivity index (χ1n) is 7.13. The van der Waals surface area contributed by atoms with E-state index in [1.165, 1.54) is 0 Å². The molecule has 0 saturated carbocycles. The van der Waals surface area contributed by atoms with Crippen molar-refractivity contribution in [3.63, 3.8) is 0 Å². The lowest BCUT2D eigenvalue weighted by Crippen LogP contribution is -2.13. The summed E-state index contributed by atoms with van der Waals surface area (Å²) in [5.74, 6) is 0. The van der Waals surface area contributed by atoms with Gasteiger partial charge in [0.25, 0.3) is 10.1 Å². The second-order valence-corrected chi connectivity index (χ2v) is 6.72. The summed E-state index contributed by atoms with van der Waals surface area (Å²) in [6.07, 6.45) is 3.94. The summed E-state index contributed by atoms with van der Waals surface area (Å²) in [5.41, 5.74) is 2.76. The zero-order valence-electron chi connectivity index (χ0n) is 12.6. The van der Waals surface area contributed by atoms with Crippen molar-refractivity contribution in [3.8, 4) is 0 Å². The monoisotopic (exact) mass is 316 g/mol. The standard InChI is InChI=1S/C18H20O3S/c1-3-4-10-15-11-8-9-14-17(15)18(21-22(2,19)20)16-12-6-5-7-13-16/h3,5-9,11-14,18H,1,4,10H2,2H3. The summed E-state index contributed by atoms with van der Waals surface area (Å²) >= 11 is 0. The molecule has 22 heavy (non-hydrogen) atoms. The molecule has 1 unspecified atom stereocenters. The van der Waals surface area contributed by atoms with Crippen molar-refractivity contribution in [2.75, 3.05) is 6.26 Å². The van der Waals surface area contributed by atoms with Crippen molar-refractivity contribution in [2.45, 2.75) is 18.9 Å². The third kappa shape index (κ3) is 4.55. The van der Waals surface area contributed by atoms with Gasteiger partial charge in [-0.3, -0.25) is 4.18 Å². The minimum Gasteiger partial charge on any atom is -0.257 e. The van der Waals surface area contributed by atoms with Crippen molar-refractivity contribution in [2.24, 2.45) is 0 Å². The number of rotatable bonds is 7. The van der Waals surface area contributed by atoms with Crippen LogP contribution in [-0.2, 0) is 20.7 Å². The van der Waals surface area contributed by atoms with E-state index in [9.17, 15) is 8.42 Å². The summed E-state index contributed by atoms with van der Waals surface area (Å²) in [7, 11) is -3.58. The second kappa shape index (κ2) is 7.38. The minimum atomic E-state index is -3.58. The molecule has 0 aliphatic carbocycles. The van der Waals surface area contributed by atoms with Crippen molar-refractivity contribution in [1.29, 1.82) is 0 Å². The Balaban J connectivity index is 2.47. The average molecular weight is 316 g/mol. The smallest absolute Gasteiger partial charge is 0.257 e. The van der Waals surface area contributed by atoms with Gasteiger partial charge in [-0.1, -0.05) is 60.7 Å². The lowest BCUT2D eigenvalue weighted by molar-refractivity contribution is 0.255. The van der Waals surface area contributed by atoms with Gasteiger partial charge in [-0.15, -0.1) is 6.58 Å². The summed E-state index contributed by atoms with van der Waals surface area (Å²) in [6.45, 7) is 3.74. The summed E-state index contributed by atoms with van der Waals surface area (Å²) in [5, 5.41) is 0. The largest absolute Gasteiger partial charge is 0.265 e. The van der Waals surface area contributed by atoms with E-state index < -0.39 is 16.2 Å². The molecule has 2 aromatic rings. The fourth-order valence-corrected chi connectivity index (χ4v) is 2.93. The highest BCUT2D eigenvalue weighted by Gasteiger charge is 2.22. The third-order valence-corrected chi connectivity index (χ3v) is 3.87. The van der Waals surface area contributed by atoms with E-state index in [0.717, 1.165) is 35.8 Å². The van der Waals surface area contributed by atoms with Gasteiger partial charge < -0.3 is 0 Å². The van der Waals surface area contributed by atoms with Gasteiger partial charge in [-0.25, -0.2) is 0 Å². The first-order valence-corrected chi connectivity index (χ1v) is 8.95. The van der Waals surface area contributed by atoms with Crippen LogP contribution in [0.1, 0.15) is 29.2 Å². The van der Waals surface area contributed by atoms with Crippen LogP contribution in [0.2, 0.25) is 0 Å². The average Bonchev–Trinajstić information content (AvgIpc) is 2.51. The van der Waals surface area contributed by atoms with Gasteiger partial charge in [-0.2, -0.15) is 8.42 Å². The lowest BCUT2D eigenvalue weighted by Gasteiger charge is -2.20. The SMILES string of the molecule is C=CCCc1ccccc1C(OS(C)(=O)=O)c1ccccc1. The molecule has 0 amide bonds. The molecule has 0 aromatic heterocycles. The van der Waals surface area contributed by atoms with Gasteiger partial charge >= 0.3 is 0 Å². The highest BCUT2D eigenvalue weighted by molar-refractivity contribution is 7.86. The van der Waals surface area contributed by atoms with Crippen LogP contribution in [0.3, 0.4) is 0 Å². The van der Waals surface area contributed by atoms with Crippen LogP contribution in [0.15, 0.2) is 67.3 Å². The zero-order valence-corrected chi connectivity index (χ0v) is 13.4. The molecule has 1 atom stereocenters. The van der Waals surface area contributed by atoms with Crippen LogP contribution in [0, 0.1) is 0 Å². The van der Waals surface area contributed by atoms with E-state index in [1.807, 2.05) is 60.7 Å². The van der Waals surface area contributed by atoms with Crippen LogP contribution >= 0.6 is 0 Å². The number of hydrogen-bond donors (Lipinski definition) is 0. The molecular weight excluding hydrogens is 296 g/mol. The van der Waals surface area contributed by atoms with Crippen LogP contribution < -0.4 is 0 Å². The predicted octanol–water partition coefficient (Wildman–Crippen LogP) is 3.87. The van der Waals surface area contributed by atoms with Crippen LogP contribution in [0.25, 0.3) is 0 Å². The van der Waals surface area contributed by atoms with E-state index in [1.54, 1.807) is 0 Å². The Morgan fingerprint density at radius 2 is 1.73 bits per heavy atom. The Morgan fingerprint density at radius 1 is 1.09 bits per heavy atom. The van der Waals surface area contributed by atoms with Crippen molar-refractivity contribution < 1.29 is 12.6 Å². The van der Waals surface area contributed by atoms with Crippen molar-refractivity contribution >= 4 is 10.1 Å². The van der Waals surface area contributed by atoms with Gasteiger partial charge in [0.1, 0.15) is 6.10 Å². The van der Waals surface area contributed by atoms with E-state index in [0.29, 0.717) is 0 Å². The maximum atomic E-state index is 11.7. The fraction of sp³-hybridized carbons (Fsp3) is 0.222. The maximum Gasteiger partial charge on any atom is 0.265 e. The number of allylic oxidation sites excluding steroid dienone is 1. The van der Waals surface area contributed by atoms with Gasteiger partial charge in [0, 0.05) is 0 Å². The second-order valence-electron chi connectivity index (χ2n) is 5.12. The molecule has 0 radical (unpaired) electrons. The van der Waals surface area contributed by atoms with Gasteiger partial charge in [0.05, 0.1) is 6.26 Å². The molecule has 0 bridgehead atoms. The Kier molecular flexibility index (Phi) is 5.52. The Labute approximate surface area is 132 Å². The van der Waals surface area contributed by atoms with Gasteiger partial charge in [0.2, 0.25) is 0 Å². The van der Waals surface area contributed by atoms with Gasteiger partial charge in [-0.05, 0) is 29.5 Å². The number of benzene rings is 2. The number of hydrogen-bond acceptors (Lipinski definition) is 3. The fourth-order valence-electron chi connectivity index (χ4n) is 2.36. The van der Waals surface area contributed by atoms with E-state index in [4.69, 9.17) is 4.18 Å². The van der Waals surface area contributed by atoms with E-state index in [-0.39, 0.29) is 0 Å². The van der Waals surface area contributed by atoms with Crippen molar-refractivity contribution in [1.82, 2.24) is 0 Å². The molecule has 4 heteroatoms. The summed E-state index contributed by atoms with van der Waals surface area (Å²) < 4.78 is 28.7. The molecule has 3 nitrogen and oxygen atoms in total. The molecular formula is C18H20O3S. The molecule has 0 aliphatic heterocycles. The van der Waals surface area contributed by atoms with Gasteiger partial charge in [0.15, 0.2) is 0 Å². The molecule has 116 valence electrons. The van der Waals surface area contributed by atoms with Crippen molar-refractivity contribution in [3.05, 3.63) is 83.9 Å². The first-order chi connectivity index (χ1) is 10.5.